The SMILES string of the molecule is [2H]C(=O)CN=[N+]=[N-]. The van der Waals surface area contributed by atoms with E-state index < -0.39 is 6.26 Å². The van der Waals surface area contributed by atoms with Crippen molar-refractivity contribution in [2.24, 2.45) is 5.11 Å². The molecule has 0 rings (SSSR count). The second kappa shape index (κ2) is 3.98. The first-order valence-corrected chi connectivity index (χ1v) is 1.27. The zero-order valence-electron chi connectivity index (χ0n) is 3.96. The Morgan fingerprint density at radius 3 is 3.17 bits per heavy atom. The van der Waals surface area contributed by atoms with Gasteiger partial charge in [0.25, 0.3) is 0 Å². The van der Waals surface area contributed by atoms with E-state index >= 15 is 0 Å². The Morgan fingerprint density at radius 2 is 3.00 bits per heavy atom. The van der Waals surface area contributed by atoms with Gasteiger partial charge in [-0.1, -0.05) is 5.11 Å². The fourth-order valence-corrected chi connectivity index (χ4v) is 0.0605. The first-order valence-electron chi connectivity index (χ1n) is 1.77. The number of nitrogens with zero attached hydrogens (tertiary/aromatic N) is 3. The standard InChI is InChI=1S/C2H3N3O/c3-5-4-1-2-6/h2H,1H2/i2D. The van der Waals surface area contributed by atoms with Crippen molar-refractivity contribution in [3.63, 3.8) is 0 Å². The summed E-state index contributed by atoms with van der Waals surface area (Å²) in [4.78, 5) is 11.9. The molecule has 0 aliphatic rings. The van der Waals surface area contributed by atoms with Crippen LogP contribution in [0.3, 0.4) is 0 Å². The number of rotatable bonds is 2. The van der Waals surface area contributed by atoms with Crippen LogP contribution in [-0.2, 0) is 4.79 Å². The van der Waals surface area contributed by atoms with Gasteiger partial charge in [0.05, 0.1) is 6.54 Å². The molecule has 0 fully saturated rings. The Kier molecular flexibility index (Phi) is 2.11. The maximum atomic E-state index is 9.60. The molecular formula is C2H3N3O. The highest BCUT2D eigenvalue weighted by Gasteiger charge is 1.63. The van der Waals surface area contributed by atoms with Crippen molar-refractivity contribution >= 4 is 6.26 Å². The Hall–Kier alpha value is -1.02. The second-order valence-electron chi connectivity index (χ2n) is 0.533. The van der Waals surface area contributed by atoms with E-state index in [4.69, 9.17) is 6.90 Å². The van der Waals surface area contributed by atoms with Crippen molar-refractivity contribution in [3.05, 3.63) is 10.4 Å². The van der Waals surface area contributed by atoms with Crippen molar-refractivity contribution in [2.45, 2.75) is 0 Å². The molecule has 4 heteroatoms. The molecule has 0 heterocycles. The van der Waals surface area contributed by atoms with Crippen LogP contribution in [0.1, 0.15) is 1.37 Å². The molecule has 0 unspecified atom stereocenters. The van der Waals surface area contributed by atoms with Crippen LogP contribution in [0.4, 0.5) is 0 Å². The molecule has 0 aromatic rings. The number of carbonyl (C=O) groups excluding carboxylic acids is 1. The third-order valence-corrected chi connectivity index (χ3v) is 0.199. The number of azide groups is 1. The third kappa shape index (κ3) is 2.98. The van der Waals surface area contributed by atoms with E-state index in [0.717, 1.165) is 0 Å². The van der Waals surface area contributed by atoms with Gasteiger partial charge >= 0.3 is 0 Å². The molecular weight excluding hydrogens is 82.0 g/mol. The van der Waals surface area contributed by atoms with Gasteiger partial charge in [-0.05, 0) is 5.53 Å². The lowest BCUT2D eigenvalue weighted by molar-refractivity contribution is -0.106. The summed E-state index contributed by atoms with van der Waals surface area (Å²) in [6.45, 7) is -0.365. The van der Waals surface area contributed by atoms with Crippen molar-refractivity contribution in [3.8, 4) is 0 Å². The minimum atomic E-state index is -0.863. The molecule has 0 amide bonds. The lowest BCUT2D eigenvalue weighted by atomic mass is 10.8. The summed E-state index contributed by atoms with van der Waals surface area (Å²) in [5, 5.41) is 2.81. The maximum Gasteiger partial charge on any atom is 0.125 e. The molecule has 0 N–H and O–H groups in total. The molecule has 32 valence electrons. The quantitative estimate of drug-likeness (QED) is 0.209. The monoisotopic (exact) mass is 86.0 g/mol. The van der Waals surface area contributed by atoms with E-state index in [1.54, 1.807) is 0 Å². The molecule has 0 bridgehead atoms. The van der Waals surface area contributed by atoms with Crippen LogP contribution in [0, 0.1) is 0 Å². The third-order valence-electron chi connectivity index (χ3n) is 0.199. The van der Waals surface area contributed by atoms with Crippen LogP contribution >= 0.6 is 0 Å². The number of aldehydes is 1. The molecule has 0 spiro atoms. The van der Waals surface area contributed by atoms with Crippen LogP contribution in [0.2, 0.25) is 0 Å². The van der Waals surface area contributed by atoms with Gasteiger partial charge in [0.15, 0.2) is 0 Å². The number of hydrogen-bond donors (Lipinski definition) is 0. The van der Waals surface area contributed by atoms with Crippen LogP contribution in [-0.4, -0.2) is 12.8 Å². The molecule has 0 radical (unpaired) electrons. The van der Waals surface area contributed by atoms with Gasteiger partial charge in [-0.2, -0.15) is 0 Å². The first kappa shape index (κ1) is 3.18. The van der Waals surface area contributed by atoms with E-state index in [2.05, 4.69) is 10.0 Å². The van der Waals surface area contributed by atoms with E-state index in [1.807, 2.05) is 0 Å². The summed E-state index contributed by atoms with van der Waals surface area (Å²) in [6, 6.07) is 0. The topological polar surface area (TPSA) is 65.8 Å². The molecule has 0 aliphatic heterocycles. The number of carbonyl (C=O) groups is 1. The normalized spacial score (nSPS) is 8.33. The Bertz CT molecular complexity index is 116. The lowest BCUT2D eigenvalue weighted by Crippen LogP contribution is -1.72. The van der Waals surface area contributed by atoms with E-state index in [-0.39, 0.29) is 6.54 Å². The minimum absolute atomic E-state index is 0.365. The molecule has 0 saturated heterocycles. The summed E-state index contributed by atoms with van der Waals surface area (Å²) in [5.41, 5.74) is 7.54. The fraction of sp³-hybridized carbons (Fsp3) is 0.500. The highest BCUT2D eigenvalue weighted by Crippen LogP contribution is 1.59. The van der Waals surface area contributed by atoms with Gasteiger partial charge in [0.2, 0.25) is 0 Å². The predicted molar refractivity (Wildman–Crippen MR) is 20.1 cm³/mol. The fourth-order valence-electron chi connectivity index (χ4n) is 0.0605. The molecule has 4 nitrogen and oxygen atoms in total. The Labute approximate surface area is 35.8 Å². The van der Waals surface area contributed by atoms with Crippen molar-refractivity contribution in [1.29, 1.82) is 0 Å². The molecule has 0 aromatic heterocycles. The zero-order valence-corrected chi connectivity index (χ0v) is 2.96. The Morgan fingerprint density at radius 1 is 2.33 bits per heavy atom. The highest BCUT2D eigenvalue weighted by molar-refractivity contribution is 5.51. The van der Waals surface area contributed by atoms with E-state index in [1.165, 1.54) is 0 Å². The highest BCUT2D eigenvalue weighted by atomic mass is 16.1. The van der Waals surface area contributed by atoms with Gasteiger partial charge in [0, 0.05) is 4.91 Å². The summed E-state index contributed by atoms with van der Waals surface area (Å²) in [7, 11) is 0. The van der Waals surface area contributed by atoms with Crippen LogP contribution < -0.4 is 0 Å². The van der Waals surface area contributed by atoms with Gasteiger partial charge < -0.3 is 4.79 Å². The predicted octanol–water partition coefficient (Wildman–Crippen LogP) is 0.496. The second-order valence-corrected chi connectivity index (χ2v) is 0.533. The van der Waals surface area contributed by atoms with Gasteiger partial charge in [-0.25, -0.2) is 0 Å². The Balaban J connectivity index is 3.32. The molecule has 0 aromatic carbocycles. The largest absolute Gasteiger partial charge is 0.303 e. The average molecular weight is 86.1 g/mol. The van der Waals surface area contributed by atoms with Crippen LogP contribution in [0.25, 0.3) is 10.4 Å². The summed E-state index contributed by atoms with van der Waals surface area (Å²) in [5.74, 6) is 0. The van der Waals surface area contributed by atoms with Crippen LogP contribution in [0.5, 0.6) is 0 Å². The van der Waals surface area contributed by atoms with Gasteiger partial charge in [-0.3, -0.25) is 0 Å². The van der Waals surface area contributed by atoms with Crippen molar-refractivity contribution in [1.82, 2.24) is 0 Å². The molecule has 6 heavy (non-hydrogen) atoms. The summed E-state index contributed by atoms with van der Waals surface area (Å²) >= 11 is 0. The smallest absolute Gasteiger partial charge is 0.125 e. The van der Waals surface area contributed by atoms with Gasteiger partial charge in [-0.15, -0.1) is 0 Å². The lowest BCUT2D eigenvalue weighted by Gasteiger charge is -1.58. The number of hydrogen-bond acceptors (Lipinski definition) is 2. The molecule has 0 saturated carbocycles. The summed E-state index contributed by atoms with van der Waals surface area (Å²) in [6.07, 6.45) is -0.863. The minimum Gasteiger partial charge on any atom is -0.303 e. The molecule has 0 atom stereocenters. The first-order chi connectivity index (χ1) is 3.27. The summed E-state index contributed by atoms with van der Waals surface area (Å²) < 4.78 is 6.18. The van der Waals surface area contributed by atoms with E-state index in [0.29, 0.717) is 0 Å². The van der Waals surface area contributed by atoms with Crippen LogP contribution in [0.15, 0.2) is 5.11 Å². The molecule has 0 aliphatic carbocycles. The van der Waals surface area contributed by atoms with E-state index in [9.17, 15) is 4.79 Å². The van der Waals surface area contributed by atoms with Gasteiger partial charge in [0.1, 0.15) is 7.63 Å². The zero-order chi connectivity index (χ0) is 5.70. The maximum absolute atomic E-state index is 9.60. The average Bonchev–Trinajstić information content (AvgIpc) is 1.61. The van der Waals surface area contributed by atoms with Crippen molar-refractivity contribution < 1.29 is 6.17 Å². The van der Waals surface area contributed by atoms with Crippen molar-refractivity contribution in [2.75, 3.05) is 6.54 Å².